The molecule has 1 aliphatic rings. The zero-order valence-electron chi connectivity index (χ0n) is 20.7. The average molecular weight is 539 g/mol. The van der Waals surface area contributed by atoms with Gasteiger partial charge in [0.15, 0.2) is 17.3 Å². The summed E-state index contributed by atoms with van der Waals surface area (Å²) in [6.45, 7) is 0. The minimum absolute atomic E-state index is 0.000608. The van der Waals surface area contributed by atoms with Gasteiger partial charge in [-0.25, -0.2) is 14.4 Å². The van der Waals surface area contributed by atoms with Crippen molar-refractivity contribution < 1.29 is 9.18 Å². The minimum Gasteiger partial charge on any atom is -0.335 e. The van der Waals surface area contributed by atoms with E-state index in [4.69, 9.17) is 0 Å². The molecule has 6 heterocycles. The number of aromatic amines is 2. The van der Waals surface area contributed by atoms with Crippen molar-refractivity contribution in [3.05, 3.63) is 59.6 Å². The SMILES string of the molecule is O=C(Nc1cncc(-c2ncc3[nH]nc(-c4nc5nccc(-c6ccsc6)c5[nH]4)c3c2F)c1)C1CCCCC1. The van der Waals surface area contributed by atoms with Crippen molar-refractivity contribution >= 4 is 45.0 Å². The van der Waals surface area contributed by atoms with Gasteiger partial charge in [0.1, 0.15) is 11.4 Å². The van der Waals surface area contributed by atoms with E-state index < -0.39 is 5.82 Å². The lowest BCUT2D eigenvalue weighted by molar-refractivity contribution is -0.120. The minimum atomic E-state index is -0.555. The van der Waals surface area contributed by atoms with Crippen molar-refractivity contribution in [1.29, 1.82) is 0 Å². The van der Waals surface area contributed by atoms with E-state index in [1.165, 1.54) is 18.8 Å². The molecule has 6 aromatic heterocycles. The number of imidazole rings is 1. The number of hydrogen-bond donors (Lipinski definition) is 3. The highest BCUT2D eigenvalue weighted by Gasteiger charge is 2.23. The number of H-pyrrole nitrogens is 2. The van der Waals surface area contributed by atoms with Gasteiger partial charge in [0.05, 0.1) is 34.5 Å². The molecule has 0 spiro atoms. The Kier molecular flexibility index (Phi) is 5.85. The van der Waals surface area contributed by atoms with Crippen LogP contribution in [0.1, 0.15) is 32.1 Å². The van der Waals surface area contributed by atoms with Crippen LogP contribution in [0.25, 0.3) is 56.0 Å². The fourth-order valence-electron chi connectivity index (χ4n) is 5.28. The first-order chi connectivity index (χ1) is 19.2. The molecule has 9 nitrogen and oxygen atoms in total. The predicted molar refractivity (Wildman–Crippen MR) is 148 cm³/mol. The molecular weight excluding hydrogens is 515 g/mol. The number of rotatable bonds is 5. The summed E-state index contributed by atoms with van der Waals surface area (Å²) in [4.78, 5) is 33.6. The highest BCUT2D eigenvalue weighted by molar-refractivity contribution is 7.08. The smallest absolute Gasteiger partial charge is 0.227 e. The van der Waals surface area contributed by atoms with Gasteiger partial charge in [0, 0.05) is 29.4 Å². The Bertz CT molecular complexity index is 1820. The standard InChI is InChI=1S/C28H23FN8OS/c29-22-21-20(13-32-23(22)17-10-18(12-30-11-17)33-28(38)15-4-2-1-3-5-15)36-37-25(21)27-34-24-19(16-7-9-39-14-16)6-8-31-26(24)35-27/h6-15H,1-5H2,(H,33,38)(H,36,37)(H,31,34,35). The number of halogens is 1. The van der Waals surface area contributed by atoms with E-state index in [2.05, 4.69) is 45.8 Å². The molecule has 6 aromatic rings. The van der Waals surface area contributed by atoms with Gasteiger partial charge in [-0.05, 0) is 47.4 Å². The topological polar surface area (TPSA) is 125 Å². The Morgan fingerprint density at radius 1 is 1.05 bits per heavy atom. The Morgan fingerprint density at radius 2 is 1.95 bits per heavy atom. The summed E-state index contributed by atoms with van der Waals surface area (Å²) in [5, 5.41) is 14.5. The van der Waals surface area contributed by atoms with Gasteiger partial charge in [-0.3, -0.25) is 19.9 Å². The highest BCUT2D eigenvalue weighted by atomic mass is 32.1. The van der Waals surface area contributed by atoms with Crippen LogP contribution in [-0.2, 0) is 4.79 Å². The van der Waals surface area contributed by atoms with Crippen LogP contribution in [0, 0.1) is 11.7 Å². The van der Waals surface area contributed by atoms with Crippen molar-refractivity contribution in [2.24, 2.45) is 5.92 Å². The maximum absolute atomic E-state index is 16.1. The van der Waals surface area contributed by atoms with Crippen LogP contribution in [0.15, 0.2) is 53.7 Å². The second kappa shape index (κ2) is 9.66. The van der Waals surface area contributed by atoms with Crippen LogP contribution in [0.4, 0.5) is 10.1 Å². The summed E-state index contributed by atoms with van der Waals surface area (Å²) in [6, 6.07) is 5.65. The predicted octanol–water partition coefficient (Wildman–Crippen LogP) is 6.34. The number of nitrogens with one attached hydrogen (secondary N) is 3. The van der Waals surface area contributed by atoms with Gasteiger partial charge >= 0.3 is 0 Å². The highest BCUT2D eigenvalue weighted by Crippen LogP contribution is 2.35. The van der Waals surface area contributed by atoms with Crippen molar-refractivity contribution in [2.45, 2.75) is 32.1 Å². The molecule has 39 heavy (non-hydrogen) atoms. The molecule has 7 rings (SSSR count). The van der Waals surface area contributed by atoms with Crippen LogP contribution in [0.2, 0.25) is 0 Å². The molecule has 1 amide bonds. The van der Waals surface area contributed by atoms with E-state index in [1.54, 1.807) is 29.8 Å². The van der Waals surface area contributed by atoms with Crippen molar-refractivity contribution in [3.8, 4) is 33.9 Å². The monoisotopic (exact) mass is 538 g/mol. The van der Waals surface area contributed by atoms with Crippen molar-refractivity contribution in [2.75, 3.05) is 5.32 Å². The van der Waals surface area contributed by atoms with Crippen LogP contribution in [0.3, 0.4) is 0 Å². The average Bonchev–Trinajstić information content (AvgIpc) is 3.73. The first-order valence-electron chi connectivity index (χ1n) is 12.8. The Balaban J connectivity index is 1.26. The van der Waals surface area contributed by atoms with Crippen molar-refractivity contribution in [3.63, 3.8) is 0 Å². The molecule has 0 unspecified atom stereocenters. The third kappa shape index (κ3) is 4.24. The zero-order valence-corrected chi connectivity index (χ0v) is 21.6. The van der Waals surface area contributed by atoms with Gasteiger partial charge < -0.3 is 10.3 Å². The number of thiophene rings is 1. The number of fused-ring (bicyclic) bond motifs is 2. The second-order valence-electron chi connectivity index (χ2n) is 9.72. The van der Waals surface area contributed by atoms with Gasteiger partial charge in [0.25, 0.3) is 0 Å². The molecule has 1 aliphatic carbocycles. The van der Waals surface area contributed by atoms with Gasteiger partial charge in [-0.1, -0.05) is 19.3 Å². The van der Waals surface area contributed by atoms with Crippen LogP contribution < -0.4 is 5.32 Å². The van der Waals surface area contributed by atoms with E-state index >= 15 is 4.39 Å². The lowest BCUT2D eigenvalue weighted by Gasteiger charge is -2.20. The molecule has 0 aliphatic heterocycles. The quantitative estimate of drug-likeness (QED) is 0.235. The number of hydrogen-bond acceptors (Lipinski definition) is 7. The molecular formula is C28H23FN8OS. The molecule has 1 fully saturated rings. The van der Waals surface area contributed by atoms with E-state index in [0.717, 1.165) is 42.3 Å². The molecule has 0 radical (unpaired) electrons. The molecule has 0 atom stereocenters. The number of aromatic nitrogens is 7. The summed E-state index contributed by atoms with van der Waals surface area (Å²) in [5.41, 5.74) is 5.13. The summed E-state index contributed by atoms with van der Waals surface area (Å²) in [6.07, 6.45) is 11.4. The Labute approximate surface area is 226 Å². The number of nitrogens with zero attached hydrogens (tertiary/aromatic N) is 5. The normalized spacial score (nSPS) is 14.3. The molecule has 0 aromatic carbocycles. The van der Waals surface area contributed by atoms with E-state index in [1.807, 2.05) is 17.5 Å². The first-order valence-corrected chi connectivity index (χ1v) is 13.8. The maximum atomic E-state index is 16.1. The van der Waals surface area contributed by atoms with E-state index in [9.17, 15) is 4.79 Å². The molecule has 1 saturated carbocycles. The number of carbonyl (C=O) groups is 1. The first kappa shape index (κ1) is 23.6. The molecule has 3 N–H and O–H groups in total. The second-order valence-corrected chi connectivity index (χ2v) is 10.5. The van der Waals surface area contributed by atoms with Crippen LogP contribution in [0.5, 0.6) is 0 Å². The number of pyridine rings is 3. The van der Waals surface area contributed by atoms with Crippen LogP contribution in [-0.4, -0.2) is 41.0 Å². The van der Waals surface area contributed by atoms with Crippen LogP contribution >= 0.6 is 11.3 Å². The largest absolute Gasteiger partial charge is 0.335 e. The van der Waals surface area contributed by atoms with Gasteiger partial charge in [-0.15, -0.1) is 0 Å². The van der Waals surface area contributed by atoms with Gasteiger partial charge in [-0.2, -0.15) is 16.4 Å². The molecule has 0 saturated heterocycles. The third-order valence-electron chi connectivity index (χ3n) is 7.25. The zero-order chi connectivity index (χ0) is 26.3. The molecule has 11 heteroatoms. The fourth-order valence-corrected chi connectivity index (χ4v) is 5.93. The third-order valence-corrected chi connectivity index (χ3v) is 7.93. The summed E-state index contributed by atoms with van der Waals surface area (Å²) in [5.74, 6) is -0.176. The van der Waals surface area contributed by atoms with E-state index in [0.29, 0.717) is 33.9 Å². The Morgan fingerprint density at radius 3 is 2.79 bits per heavy atom. The fraction of sp³-hybridized carbons (Fsp3) is 0.214. The summed E-state index contributed by atoms with van der Waals surface area (Å²) in [7, 11) is 0. The maximum Gasteiger partial charge on any atom is 0.227 e. The summed E-state index contributed by atoms with van der Waals surface area (Å²) >= 11 is 1.61. The summed E-state index contributed by atoms with van der Waals surface area (Å²) < 4.78 is 16.1. The molecule has 194 valence electrons. The Hall–Kier alpha value is -4.51. The van der Waals surface area contributed by atoms with Crippen molar-refractivity contribution in [1.82, 2.24) is 35.1 Å². The molecule has 0 bridgehead atoms. The lowest BCUT2D eigenvalue weighted by atomic mass is 9.88. The van der Waals surface area contributed by atoms with Gasteiger partial charge in [0.2, 0.25) is 5.91 Å². The lowest BCUT2D eigenvalue weighted by Crippen LogP contribution is -2.24. The number of amides is 1. The van der Waals surface area contributed by atoms with E-state index in [-0.39, 0.29) is 22.9 Å². The number of carbonyl (C=O) groups excluding carboxylic acids is 1. The number of anilines is 1.